The van der Waals surface area contributed by atoms with Crippen molar-refractivity contribution >= 4 is 6.72 Å². The number of hydrogen-bond acceptors (Lipinski definition) is 5. The average Bonchev–Trinajstić information content (AvgIpc) is 3.19. The molecule has 2 rings (SSSR count). The number of aliphatic imine (C=N–C) groups is 1. The van der Waals surface area contributed by atoms with Gasteiger partial charge in [-0.25, -0.2) is 4.99 Å². The minimum atomic E-state index is 0.304. The van der Waals surface area contributed by atoms with Crippen molar-refractivity contribution in [3.05, 3.63) is 46.7 Å². The monoisotopic (exact) mass is 373 g/mol. The van der Waals surface area contributed by atoms with Crippen LogP contribution in [0.4, 0.5) is 0 Å². The number of piperidine rings is 1. The lowest BCUT2D eigenvalue weighted by Crippen LogP contribution is -2.34. The number of nitrogens with zero attached hydrogens (tertiary/aromatic N) is 2. The quantitative estimate of drug-likeness (QED) is 0.507. The number of hydrogen-bond donors (Lipinski definition) is 1. The van der Waals surface area contributed by atoms with Crippen LogP contribution >= 0.6 is 0 Å². The van der Waals surface area contributed by atoms with E-state index in [9.17, 15) is 0 Å². The fourth-order valence-electron chi connectivity index (χ4n) is 3.56. The predicted octanol–water partition coefficient (Wildman–Crippen LogP) is 4.37. The van der Waals surface area contributed by atoms with Crippen LogP contribution in [0.5, 0.6) is 0 Å². The Hall–Kier alpha value is -2.01. The van der Waals surface area contributed by atoms with E-state index in [0.717, 1.165) is 55.0 Å². The number of allylic oxidation sites excluding steroid dienone is 2. The summed E-state index contributed by atoms with van der Waals surface area (Å²) < 4.78 is 11.0. The highest BCUT2D eigenvalue weighted by Crippen LogP contribution is 2.24. The zero-order valence-electron chi connectivity index (χ0n) is 17.4. The molecule has 150 valence electrons. The second-order valence-corrected chi connectivity index (χ2v) is 7.16. The van der Waals surface area contributed by atoms with Crippen LogP contribution < -0.4 is 5.32 Å². The third kappa shape index (κ3) is 5.99. The summed E-state index contributed by atoms with van der Waals surface area (Å²) in [5, 5.41) is 3.50. The molecule has 0 aliphatic carbocycles. The summed E-state index contributed by atoms with van der Waals surface area (Å²) in [6, 6.07) is 0. The minimum Gasteiger partial charge on any atom is -0.454 e. The maximum absolute atomic E-state index is 5.58. The second kappa shape index (κ2) is 11.0. The van der Waals surface area contributed by atoms with E-state index in [1.165, 1.54) is 24.8 Å². The summed E-state index contributed by atoms with van der Waals surface area (Å²) in [5.41, 5.74) is 2.35. The lowest BCUT2D eigenvalue weighted by molar-refractivity contribution is 0.0968. The average molecular weight is 374 g/mol. The van der Waals surface area contributed by atoms with Gasteiger partial charge >= 0.3 is 0 Å². The minimum absolute atomic E-state index is 0.304. The van der Waals surface area contributed by atoms with Crippen molar-refractivity contribution in [3.63, 3.8) is 0 Å². The summed E-state index contributed by atoms with van der Waals surface area (Å²) in [7, 11) is 0. The van der Waals surface area contributed by atoms with Gasteiger partial charge in [0.2, 0.25) is 6.79 Å². The Balaban J connectivity index is 1.95. The van der Waals surface area contributed by atoms with E-state index in [2.05, 4.69) is 54.8 Å². The zero-order valence-corrected chi connectivity index (χ0v) is 17.4. The molecule has 5 heteroatoms. The molecular weight excluding hydrogens is 338 g/mol. The number of nitrogens with one attached hydrogen (secondary N) is 1. The van der Waals surface area contributed by atoms with Gasteiger partial charge < -0.3 is 19.7 Å². The first kappa shape index (κ1) is 21.3. The standard InChI is InChI=1S/C22H35N3O2/c1-6-18-10-9-11-25(15-18)21(23-5)12-19(7-2)14-24-13-17(4)22-20(8-3)26-16-27-22/h7-8,12,18,24H,5-6,9-11,13-16H2,1-4H3/b19-7+,20-8+,21-12+,22-17-. The molecule has 0 amide bonds. The number of rotatable bonds is 8. The van der Waals surface area contributed by atoms with Crippen LogP contribution in [0.15, 0.2) is 51.7 Å². The van der Waals surface area contributed by atoms with Crippen LogP contribution in [-0.4, -0.2) is 44.6 Å². The molecule has 5 nitrogen and oxygen atoms in total. The van der Waals surface area contributed by atoms with E-state index in [-0.39, 0.29) is 0 Å². The van der Waals surface area contributed by atoms with Gasteiger partial charge in [0, 0.05) is 26.2 Å². The van der Waals surface area contributed by atoms with Gasteiger partial charge in [0.25, 0.3) is 0 Å². The summed E-state index contributed by atoms with van der Waals surface area (Å²) >= 11 is 0. The molecule has 2 saturated heterocycles. The highest BCUT2D eigenvalue weighted by molar-refractivity contribution is 5.33. The van der Waals surface area contributed by atoms with Gasteiger partial charge in [0.1, 0.15) is 5.82 Å². The maximum atomic E-state index is 5.58. The van der Waals surface area contributed by atoms with Crippen molar-refractivity contribution in [2.75, 3.05) is 33.0 Å². The molecule has 27 heavy (non-hydrogen) atoms. The van der Waals surface area contributed by atoms with Crippen LogP contribution in [0.2, 0.25) is 0 Å². The van der Waals surface area contributed by atoms with Gasteiger partial charge in [-0.05, 0) is 69.5 Å². The molecular formula is C22H35N3O2. The van der Waals surface area contributed by atoms with Crippen molar-refractivity contribution in [3.8, 4) is 0 Å². The van der Waals surface area contributed by atoms with Crippen molar-refractivity contribution < 1.29 is 9.47 Å². The van der Waals surface area contributed by atoms with E-state index in [1.54, 1.807) is 0 Å². The number of likely N-dealkylation sites (tertiary alicyclic amines) is 1. The first-order chi connectivity index (χ1) is 13.1. The third-order valence-corrected chi connectivity index (χ3v) is 5.28. The van der Waals surface area contributed by atoms with Gasteiger partial charge in [-0.1, -0.05) is 19.4 Å². The molecule has 0 aromatic rings. The van der Waals surface area contributed by atoms with E-state index >= 15 is 0 Å². The van der Waals surface area contributed by atoms with Crippen LogP contribution in [0.1, 0.15) is 47.0 Å². The van der Waals surface area contributed by atoms with Gasteiger partial charge in [0.15, 0.2) is 11.5 Å². The van der Waals surface area contributed by atoms with Crippen LogP contribution in [0, 0.1) is 5.92 Å². The summed E-state index contributed by atoms with van der Waals surface area (Å²) in [4.78, 5) is 6.69. The largest absolute Gasteiger partial charge is 0.454 e. The Bertz CT molecular complexity index is 631. The van der Waals surface area contributed by atoms with Gasteiger partial charge in [-0.2, -0.15) is 0 Å². The van der Waals surface area contributed by atoms with Crippen molar-refractivity contribution in [1.29, 1.82) is 0 Å². The first-order valence-electron chi connectivity index (χ1n) is 10.0. The van der Waals surface area contributed by atoms with E-state index in [1.807, 2.05) is 13.0 Å². The van der Waals surface area contributed by atoms with Crippen LogP contribution in [0.25, 0.3) is 0 Å². The van der Waals surface area contributed by atoms with Crippen LogP contribution in [0.3, 0.4) is 0 Å². The highest BCUT2D eigenvalue weighted by atomic mass is 16.7. The smallest absolute Gasteiger partial charge is 0.231 e. The molecule has 0 aromatic carbocycles. The summed E-state index contributed by atoms with van der Waals surface area (Å²) in [5.74, 6) is 3.44. The summed E-state index contributed by atoms with van der Waals surface area (Å²) in [6.45, 7) is 16.2. The van der Waals surface area contributed by atoms with Gasteiger partial charge in [0.05, 0.1) is 0 Å². The van der Waals surface area contributed by atoms with Crippen molar-refractivity contribution in [1.82, 2.24) is 10.2 Å². The normalized spacial score (nSPS) is 24.7. The van der Waals surface area contributed by atoms with E-state index in [4.69, 9.17) is 9.47 Å². The molecule has 2 heterocycles. The van der Waals surface area contributed by atoms with E-state index in [0.29, 0.717) is 6.79 Å². The molecule has 1 atom stereocenters. The second-order valence-electron chi connectivity index (χ2n) is 7.16. The lowest BCUT2D eigenvalue weighted by atomic mass is 9.95. The molecule has 2 fully saturated rings. The fraction of sp³-hybridized carbons (Fsp3) is 0.591. The number of ether oxygens (including phenoxy) is 2. The Morgan fingerprint density at radius 1 is 1.33 bits per heavy atom. The molecule has 0 spiro atoms. The first-order valence-corrected chi connectivity index (χ1v) is 10.0. The zero-order chi connectivity index (χ0) is 19.6. The Labute approximate surface area is 164 Å². The molecule has 2 aliphatic heterocycles. The van der Waals surface area contributed by atoms with Gasteiger partial charge in [-0.3, -0.25) is 0 Å². The molecule has 0 bridgehead atoms. The molecule has 0 radical (unpaired) electrons. The summed E-state index contributed by atoms with van der Waals surface area (Å²) in [6.07, 6.45) is 10.0. The fourth-order valence-corrected chi connectivity index (χ4v) is 3.56. The van der Waals surface area contributed by atoms with E-state index < -0.39 is 0 Å². The molecule has 0 aromatic heterocycles. The van der Waals surface area contributed by atoms with Crippen LogP contribution in [-0.2, 0) is 9.47 Å². The topological polar surface area (TPSA) is 46.1 Å². The Morgan fingerprint density at radius 2 is 2.15 bits per heavy atom. The van der Waals surface area contributed by atoms with Crippen molar-refractivity contribution in [2.24, 2.45) is 10.9 Å². The molecule has 0 saturated carbocycles. The molecule has 2 aliphatic rings. The lowest BCUT2D eigenvalue weighted by Gasteiger charge is -2.34. The predicted molar refractivity (Wildman–Crippen MR) is 112 cm³/mol. The highest BCUT2D eigenvalue weighted by Gasteiger charge is 2.20. The van der Waals surface area contributed by atoms with Gasteiger partial charge in [-0.15, -0.1) is 0 Å². The molecule has 1 N–H and O–H groups in total. The SMILES string of the molecule is C=N/C(=C\C(=C/C)CNC/C(C)=C1\OCO\C1=C\C)N1CCCC(CC)C1. The van der Waals surface area contributed by atoms with Crippen molar-refractivity contribution in [2.45, 2.75) is 47.0 Å². The maximum Gasteiger partial charge on any atom is 0.231 e. The Morgan fingerprint density at radius 3 is 2.81 bits per heavy atom. The third-order valence-electron chi connectivity index (χ3n) is 5.28. The Kier molecular flexibility index (Phi) is 8.65. The molecule has 1 unspecified atom stereocenters.